The molecule has 8 heteroatoms. The van der Waals surface area contributed by atoms with Crippen molar-refractivity contribution in [1.29, 1.82) is 0 Å². The molecule has 2 heterocycles. The topological polar surface area (TPSA) is 65.0 Å². The van der Waals surface area contributed by atoms with Crippen molar-refractivity contribution < 1.29 is 22.7 Å². The zero-order valence-corrected chi connectivity index (χ0v) is 14.9. The largest absolute Gasteiger partial charge is 0.461 e. The highest BCUT2D eigenvalue weighted by molar-refractivity contribution is 5.88. The summed E-state index contributed by atoms with van der Waals surface area (Å²) in [6.07, 6.45) is 0.273. The first-order valence-corrected chi connectivity index (χ1v) is 8.48. The Labute approximate surface area is 159 Å². The highest BCUT2D eigenvalue weighted by Gasteiger charge is 2.30. The molecule has 1 aromatic carbocycles. The Bertz CT molecular complexity index is 976. The van der Waals surface area contributed by atoms with Crippen LogP contribution in [0.5, 0.6) is 0 Å². The van der Waals surface area contributed by atoms with E-state index < -0.39 is 17.7 Å². The molecule has 3 aromatic rings. The van der Waals surface area contributed by atoms with Crippen LogP contribution in [-0.4, -0.2) is 27.5 Å². The number of carbonyl (C=O) groups excluding carboxylic acids is 1. The van der Waals surface area contributed by atoms with Crippen LogP contribution in [0.4, 0.5) is 13.2 Å². The number of hydrogen-bond acceptors (Lipinski definition) is 5. The highest BCUT2D eigenvalue weighted by atomic mass is 19.4. The Balaban J connectivity index is 2.04. The van der Waals surface area contributed by atoms with E-state index in [0.29, 0.717) is 5.69 Å². The van der Waals surface area contributed by atoms with Gasteiger partial charge in [-0.1, -0.05) is 12.1 Å². The summed E-state index contributed by atoms with van der Waals surface area (Å²) in [5, 5.41) is 0. The van der Waals surface area contributed by atoms with E-state index in [1.807, 2.05) is 0 Å². The van der Waals surface area contributed by atoms with Gasteiger partial charge in [0.2, 0.25) is 0 Å². The summed E-state index contributed by atoms with van der Waals surface area (Å²) in [4.78, 5) is 24.7. The lowest BCUT2D eigenvalue weighted by molar-refractivity contribution is -0.137. The quantitative estimate of drug-likeness (QED) is 0.610. The molecule has 0 unspecified atom stereocenters. The van der Waals surface area contributed by atoms with Crippen molar-refractivity contribution >= 4 is 5.97 Å². The van der Waals surface area contributed by atoms with Gasteiger partial charge in [-0.05, 0) is 36.8 Å². The van der Waals surface area contributed by atoms with E-state index in [1.54, 1.807) is 31.5 Å². The fraction of sp³-hybridized carbons (Fsp3) is 0.200. The van der Waals surface area contributed by atoms with E-state index in [2.05, 4.69) is 15.0 Å². The van der Waals surface area contributed by atoms with E-state index in [4.69, 9.17) is 4.74 Å². The van der Waals surface area contributed by atoms with Gasteiger partial charge in [0.15, 0.2) is 5.69 Å². The number of hydrogen-bond donors (Lipinski definition) is 0. The molecule has 0 fully saturated rings. The highest BCUT2D eigenvalue weighted by Crippen LogP contribution is 2.31. The molecule has 3 rings (SSSR count). The van der Waals surface area contributed by atoms with Gasteiger partial charge in [0.1, 0.15) is 0 Å². The lowest BCUT2D eigenvalue weighted by Gasteiger charge is -2.11. The van der Waals surface area contributed by atoms with Gasteiger partial charge < -0.3 is 4.74 Å². The summed E-state index contributed by atoms with van der Waals surface area (Å²) in [5.41, 5.74) is 0.902. The average molecular weight is 387 g/mol. The van der Waals surface area contributed by atoms with Crippen LogP contribution >= 0.6 is 0 Å². The third-order valence-electron chi connectivity index (χ3n) is 3.92. The van der Waals surface area contributed by atoms with Crippen LogP contribution in [0.1, 0.15) is 34.2 Å². The van der Waals surface area contributed by atoms with Crippen molar-refractivity contribution in [3.8, 4) is 11.3 Å². The predicted octanol–water partition coefficient (Wildman–Crippen LogP) is 4.32. The molecule has 0 spiro atoms. The Kier molecular flexibility index (Phi) is 5.67. The zero-order valence-electron chi connectivity index (χ0n) is 14.9. The summed E-state index contributed by atoms with van der Waals surface area (Å²) in [7, 11) is 0. The fourth-order valence-corrected chi connectivity index (χ4v) is 2.61. The van der Waals surface area contributed by atoms with Gasteiger partial charge in [0.25, 0.3) is 0 Å². The van der Waals surface area contributed by atoms with Crippen LogP contribution in [0.2, 0.25) is 0 Å². The van der Waals surface area contributed by atoms with Crippen LogP contribution in [0.15, 0.2) is 55.0 Å². The van der Waals surface area contributed by atoms with Crippen LogP contribution in [0.3, 0.4) is 0 Å². The first-order chi connectivity index (χ1) is 13.4. The molecule has 0 N–H and O–H groups in total. The van der Waals surface area contributed by atoms with Crippen LogP contribution < -0.4 is 0 Å². The first-order valence-electron chi connectivity index (χ1n) is 8.48. The molecule has 0 atom stereocenters. The lowest BCUT2D eigenvalue weighted by Crippen LogP contribution is -2.13. The summed E-state index contributed by atoms with van der Waals surface area (Å²) in [6, 6.07) is 8.33. The molecule has 0 bridgehead atoms. The molecule has 0 amide bonds. The van der Waals surface area contributed by atoms with E-state index in [1.165, 1.54) is 18.3 Å². The molecule has 0 radical (unpaired) electrons. The van der Waals surface area contributed by atoms with Gasteiger partial charge in [-0.25, -0.2) is 14.8 Å². The Hall–Kier alpha value is -3.29. The molecule has 5 nitrogen and oxygen atoms in total. The number of esters is 1. The summed E-state index contributed by atoms with van der Waals surface area (Å²) < 4.78 is 44.0. The summed E-state index contributed by atoms with van der Waals surface area (Å²) >= 11 is 0. The van der Waals surface area contributed by atoms with Gasteiger partial charge in [-0.15, -0.1) is 0 Å². The van der Waals surface area contributed by atoms with E-state index in [-0.39, 0.29) is 30.0 Å². The molecule has 144 valence electrons. The zero-order chi connectivity index (χ0) is 20.1. The van der Waals surface area contributed by atoms with Gasteiger partial charge in [0, 0.05) is 24.4 Å². The van der Waals surface area contributed by atoms with Crippen molar-refractivity contribution in [2.24, 2.45) is 0 Å². The smallest absolute Gasteiger partial charge is 0.416 e. The number of halogens is 3. The summed E-state index contributed by atoms with van der Waals surface area (Å²) in [6.45, 7) is 1.84. The third kappa shape index (κ3) is 4.51. The van der Waals surface area contributed by atoms with Crippen molar-refractivity contribution in [2.45, 2.75) is 19.5 Å². The molecule has 0 aliphatic heterocycles. The SMILES string of the molecule is CCOC(=O)c1ncc(-c2cccc(C(F)(F)F)c2)nc1Cc1ccncc1. The first kappa shape index (κ1) is 19.5. The lowest BCUT2D eigenvalue weighted by atomic mass is 10.1. The number of benzene rings is 1. The third-order valence-corrected chi connectivity index (χ3v) is 3.92. The second-order valence-corrected chi connectivity index (χ2v) is 5.88. The van der Waals surface area contributed by atoms with Gasteiger partial charge in [0.05, 0.1) is 29.8 Å². The number of ether oxygens (including phenoxy) is 1. The summed E-state index contributed by atoms with van der Waals surface area (Å²) in [5.74, 6) is -0.630. The number of carbonyl (C=O) groups is 1. The van der Waals surface area contributed by atoms with E-state index in [9.17, 15) is 18.0 Å². The minimum atomic E-state index is -4.46. The fourth-order valence-electron chi connectivity index (χ4n) is 2.61. The number of nitrogens with zero attached hydrogens (tertiary/aromatic N) is 3. The Morgan fingerprint density at radius 3 is 2.57 bits per heavy atom. The van der Waals surface area contributed by atoms with Crippen LogP contribution in [-0.2, 0) is 17.3 Å². The van der Waals surface area contributed by atoms with Crippen molar-refractivity contribution in [3.05, 3.63) is 77.5 Å². The molecule has 0 aliphatic carbocycles. The molecule has 0 saturated heterocycles. The number of rotatable bonds is 5. The van der Waals surface area contributed by atoms with Gasteiger partial charge >= 0.3 is 12.1 Å². The van der Waals surface area contributed by atoms with Crippen molar-refractivity contribution in [3.63, 3.8) is 0 Å². The van der Waals surface area contributed by atoms with Gasteiger partial charge in [-0.2, -0.15) is 13.2 Å². The standard InChI is InChI=1S/C20H16F3N3O2/c1-2-28-19(27)18-16(10-13-6-8-24-9-7-13)26-17(12-25-18)14-4-3-5-15(11-14)20(21,22)23/h3-9,11-12H,2,10H2,1H3. The molecular formula is C20H16F3N3O2. The van der Waals surface area contributed by atoms with Gasteiger partial charge in [-0.3, -0.25) is 4.98 Å². The normalized spacial score (nSPS) is 11.3. The van der Waals surface area contributed by atoms with Crippen LogP contribution in [0.25, 0.3) is 11.3 Å². The maximum absolute atomic E-state index is 13.0. The van der Waals surface area contributed by atoms with E-state index in [0.717, 1.165) is 17.7 Å². The predicted molar refractivity (Wildman–Crippen MR) is 95.5 cm³/mol. The molecule has 2 aromatic heterocycles. The van der Waals surface area contributed by atoms with Crippen LogP contribution in [0, 0.1) is 0 Å². The molecular weight excluding hydrogens is 371 g/mol. The number of alkyl halides is 3. The minimum absolute atomic E-state index is 0.0365. The number of pyridine rings is 1. The maximum Gasteiger partial charge on any atom is 0.416 e. The molecule has 28 heavy (non-hydrogen) atoms. The minimum Gasteiger partial charge on any atom is -0.461 e. The van der Waals surface area contributed by atoms with Crippen molar-refractivity contribution in [2.75, 3.05) is 6.61 Å². The second kappa shape index (κ2) is 8.16. The monoisotopic (exact) mass is 387 g/mol. The average Bonchev–Trinajstić information content (AvgIpc) is 2.68. The maximum atomic E-state index is 13.0. The van der Waals surface area contributed by atoms with E-state index >= 15 is 0 Å². The Morgan fingerprint density at radius 1 is 1.14 bits per heavy atom. The molecule has 0 aliphatic rings. The Morgan fingerprint density at radius 2 is 1.89 bits per heavy atom. The molecule has 0 saturated carbocycles. The number of aromatic nitrogens is 3. The second-order valence-electron chi connectivity index (χ2n) is 5.88. The van der Waals surface area contributed by atoms with Crippen molar-refractivity contribution in [1.82, 2.24) is 15.0 Å².